The van der Waals surface area contributed by atoms with Gasteiger partial charge in [-0.15, -0.1) is 10.2 Å². The van der Waals surface area contributed by atoms with Crippen LogP contribution in [0.1, 0.15) is 49.9 Å². The fourth-order valence-corrected chi connectivity index (χ4v) is 6.88. The fraction of sp³-hybridized carbons (Fsp3) is 0.600. The van der Waals surface area contributed by atoms with Crippen molar-refractivity contribution in [3.05, 3.63) is 41.5 Å². The minimum Gasteiger partial charge on any atom is -0.309 e. The van der Waals surface area contributed by atoms with E-state index in [4.69, 9.17) is 0 Å². The lowest BCUT2D eigenvalue weighted by atomic mass is 9.49. The zero-order valence-electron chi connectivity index (χ0n) is 14.6. The molecule has 4 bridgehead atoms. The van der Waals surface area contributed by atoms with Crippen LogP contribution >= 0.6 is 11.8 Å². The summed E-state index contributed by atoms with van der Waals surface area (Å²) >= 11 is 1.70. The Morgan fingerprint density at radius 3 is 2.24 bits per heavy atom. The van der Waals surface area contributed by atoms with Gasteiger partial charge in [-0.25, -0.2) is 4.39 Å². The molecule has 132 valence electrons. The minimum atomic E-state index is -0.184. The lowest BCUT2D eigenvalue weighted by Crippen LogP contribution is -2.49. The summed E-state index contributed by atoms with van der Waals surface area (Å²) in [6, 6.07) is 6.73. The first-order chi connectivity index (χ1) is 12.1. The third-order valence-electron chi connectivity index (χ3n) is 6.63. The number of thioether (sulfide) groups is 1. The first kappa shape index (κ1) is 15.9. The van der Waals surface area contributed by atoms with Crippen molar-refractivity contribution in [1.29, 1.82) is 0 Å². The summed E-state index contributed by atoms with van der Waals surface area (Å²) in [6.07, 6.45) is 8.28. The molecule has 25 heavy (non-hydrogen) atoms. The van der Waals surface area contributed by atoms with Crippen LogP contribution in [0.25, 0.3) is 0 Å². The summed E-state index contributed by atoms with van der Waals surface area (Å²) in [4.78, 5) is 0. The lowest BCUT2D eigenvalue weighted by molar-refractivity contribution is -0.0109. The van der Waals surface area contributed by atoms with Gasteiger partial charge in [-0.3, -0.25) is 0 Å². The predicted octanol–water partition coefficient (Wildman–Crippen LogP) is 4.71. The van der Waals surface area contributed by atoms with Crippen LogP contribution in [-0.2, 0) is 18.2 Å². The third kappa shape index (κ3) is 2.71. The first-order valence-corrected chi connectivity index (χ1v) is 10.4. The highest BCUT2D eigenvalue weighted by atomic mass is 32.2. The number of hydrogen-bond acceptors (Lipinski definition) is 3. The summed E-state index contributed by atoms with van der Waals surface area (Å²) in [5.41, 5.74) is 1.40. The number of aromatic nitrogens is 3. The van der Waals surface area contributed by atoms with Crippen LogP contribution in [0.15, 0.2) is 29.4 Å². The van der Waals surface area contributed by atoms with Gasteiger partial charge in [0.15, 0.2) is 5.16 Å². The molecule has 0 aliphatic heterocycles. The Morgan fingerprint density at radius 1 is 1.04 bits per heavy atom. The van der Waals surface area contributed by atoms with Gasteiger partial charge >= 0.3 is 0 Å². The Balaban J connectivity index is 1.37. The summed E-state index contributed by atoms with van der Waals surface area (Å²) in [7, 11) is 2.13. The molecule has 3 nitrogen and oxygen atoms in total. The molecule has 0 radical (unpaired) electrons. The van der Waals surface area contributed by atoms with Crippen molar-refractivity contribution in [2.45, 2.75) is 54.8 Å². The van der Waals surface area contributed by atoms with E-state index >= 15 is 0 Å². The van der Waals surface area contributed by atoms with Crippen molar-refractivity contribution in [2.75, 3.05) is 0 Å². The Bertz CT molecular complexity index is 747. The zero-order valence-corrected chi connectivity index (χ0v) is 15.4. The Hall–Kier alpha value is -1.36. The molecule has 0 amide bonds. The van der Waals surface area contributed by atoms with E-state index in [0.29, 0.717) is 0 Å². The predicted molar refractivity (Wildman–Crippen MR) is 96.8 cm³/mol. The Labute approximate surface area is 152 Å². The van der Waals surface area contributed by atoms with Crippen molar-refractivity contribution in [2.24, 2.45) is 24.8 Å². The molecule has 1 aromatic heterocycles. The van der Waals surface area contributed by atoms with Gasteiger partial charge in [0.05, 0.1) is 0 Å². The lowest BCUT2D eigenvalue weighted by Gasteiger charge is -2.56. The van der Waals surface area contributed by atoms with E-state index in [2.05, 4.69) is 21.8 Å². The first-order valence-electron chi connectivity index (χ1n) is 9.38. The molecule has 4 aliphatic carbocycles. The van der Waals surface area contributed by atoms with Gasteiger partial charge in [-0.2, -0.15) is 0 Å². The quantitative estimate of drug-likeness (QED) is 0.742. The number of benzene rings is 1. The van der Waals surface area contributed by atoms with Gasteiger partial charge in [0.2, 0.25) is 0 Å². The van der Waals surface area contributed by atoms with Crippen molar-refractivity contribution in [3.63, 3.8) is 0 Å². The van der Waals surface area contributed by atoms with Gasteiger partial charge in [0.25, 0.3) is 0 Å². The van der Waals surface area contributed by atoms with E-state index < -0.39 is 0 Å². The second-order valence-electron chi connectivity index (χ2n) is 8.48. The fourth-order valence-electron chi connectivity index (χ4n) is 6.02. The smallest absolute Gasteiger partial charge is 0.191 e. The van der Waals surface area contributed by atoms with Crippen LogP contribution in [-0.4, -0.2) is 14.8 Å². The highest BCUT2D eigenvalue weighted by Crippen LogP contribution is 2.60. The highest BCUT2D eigenvalue weighted by Gasteiger charge is 2.53. The van der Waals surface area contributed by atoms with Crippen LogP contribution in [0.4, 0.5) is 4.39 Å². The van der Waals surface area contributed by atoms with Gasteiger partial charge in [0, 0.05) is 18.2 Å². The molecule has 0 saturated heterocycles. The molecule has 0 spiro atoms. The molecule has 0 N–H and O–H groups in total. The highest BCUT2D eigenvalue weighted by molar-refractivity contribution is 7.98. The maximum absolute atomic E-state index is 13.0. The molecule has 2 aromatic rings. The standard InChI is InChI=1S/C20H24FN3S/c1-24-18(20-9-14-6-15(10-20)8-16(7-14)11-20)22-23-19(24)25-12-13-2-4-17(21)5-3-13/h2-5,14-16H,6-12H2,1H3. The summed E-state index contributed by atoms with van der Waals surface area (Å²) in [6.45, 7) is 0. The average Bonchev–Trinajstić information content (AvgIpc) is 2.95. The van der Waals surface area contributed by atoms with Crippen LogP contribution < -0.4 is 0 Å². The van der Waals surface area contributed by atoms with Gasteiger partial charge in [-0.05, 0) is 74.0 Å². The van der Waals surface area contributed by atoms with Gasteiger partial charge < -0.3 is 4.57 Å². The van der Waals surface area contributed by atoms with E-state index in [1.54, 1.807) is 11.8 Å². The summed E-state index contributed by atoms with van der Waals surface area (Å²) < 4.78 is 15.3. The van der Waals surface area contributed by atoms with Crippen molar-refractivity contribution in [3.8, 4) is 0 Å². The molecule has 0 atom stereocenters. The van der Waals surface area contributed by atoms with E-state index in [0.717, 1.165) is 34.2 Å². The maximum atomic E-state index is 13.0. The van der Waals surface area contributed by atoms with E-state index in [1.165, 1.54) is 56.5 Å². The van der Waals surface area contributed by atoms with E-state index in [-0.39, 0.29) is 11.2 Å². The monoisotopic (exact) mass is 357 g/mol. The van der Waals surface area contributed by atoms with E-state index in [1.807, 2.05) is 12.1 Å². The largest absolute Gasteiger partial charge is 0.309 e. The third-order valence-corrected chi connectivity index (χ3v) is 7.72. The molecular weight excluding hydrogens is 333 g/mol. The zero-order chi connectivity index (χ0) is 17.0. The maximum Gasteiger partial charge on any atom is 0.191 e. The molecule has 1 aromatic carbocycles. The van der Waals surface area contributed by atoms with Crippen LogP contribution in [0, 0.1) is 23.6 Å². The van der Waals surface area contributed by atoms with E-state index in [9.17, 15) is 4.39 Å². The molecule has 4 saturated carbocycles. The molecular formula is C20H24FN3S. The molecule has 6 rings (SSSR count). The molecule has 1 heterocycles. The van der Waals surface area contributed by atoms with Crippen molar-refractivity contribution >= 4 is 11.8 Å². The number of nitrogens with zero attached hydrogens (tertiary/aromatic N) is 3. The van der Waals surface area contributed by atoms with Crippen LogP contribution in [0.3, 0.4) is 0 Å². The summed E-state index contributed by atoms with van der Waals surface area (Å²) in [5, 5.41) is 10.2. The second-order valence-corrected chi connectivity index (χ2v) is 9.42. The molecule has 0 unspecified atom stereocenters. The minimum absolute atomic E-state index is 0.184. The Morgan fingerprint density at radius 2 is 1.64 bits per heavy atom. The second kappa shape index (κ2) is 5.83. The van der Waals surface area contributed by atoms with Crippen LogP contribution in [0.2, 0.25) is 0 Å². The Kier molecular flexibility index (Phi) is 3.70. The number of hydrogen-bond donors (Lipinski definition) is 0. The average molecular weight is 357 g/mol. The molecule has 4 fully saturated rings. The molecule has 5 heteroatoms. The van der Waals surface area contributed by atoms with Crippen LogP contribution in [0.5, 0.6) is 0 Å². The molecule has 4 aliphatic rings. The number of rotatable bonds is 4. The number of halogens is 1. The van der Waals surface area contributed by atoms with Crippen molar-refractivity contribution in [1.82, 2.24) is 14.8 Å². The SMILES string of the molecule is Cn1c(SCc2ccc(F)cc2)nnc1C12CC3CC(CC(C3)C1)C2. The summed E-state index contributed by atoms with van der Waals surface area (Å²) in [5.74, 6) is 4.58. The van der Waals surface area contributed by atoms with Gasteiger partial charge in [0.1, 0.15) is 11.6 Å². The normalized spacial score (nSPS) is 33.1. The van der Waals surface area contributed by atoms with Crippen molar-refractivity contribution < 1.29 is 4.39 Å². The van der Waals surface area contributed by atoms with Gasteiger partial charge in [-0.1, -0.05) is 23.9 Å². The topological polar surface area (TPSA) is 30.7 Å².